The summed E-state index contributed by atoms with van der Waals surface area (Å²) >= 11 is 5.11. The van der Waals surface area contributed by atoms with Crippen LogP contribution in [0.25, 0.3) is 0 Å². The molecule has 0 aromatic heterocycles. The number of nitrogens with zero attached hydrogens (tertiary/aromatic N) is 1. The lowest BCUT2D eigenvalue weighted by Gasteiger charge is -2.24. The van der Waals surface area contributed by atoms with Crippen LogP contribution in [0.1, 0.15) is 37.3 Å². The van der Waals surface area contributed by atoms with Gasteiger partial charge in [0, 0.05) is 18.2 Å². The number of rotatable bonds is 4. The molecular weight excluding hydrogens is 228 g/mol. The molecule has 1 atom stereocenters. The average molecular weight is 248 g/mol. The first-order valence-corrected chi connectivity index (χ1v) is 6.75. The van der Waals surface area contributed by atoms with Crippen LogP contribution in [-0.2, 0) is 6.54 Å². The Bertz CT molecular complexity index is 403. The Hall–Kier alpha value is -0.930. The van der Waals surface area contributed by atoms with Crippen molar-refractivity contribution in [2.75, 3.05) is 6.54 Å². The van der Waals surface area contributed by atoms with Crippen molar-refractivity contribution in [3.8, 4) is 0 Å². The fraction of sp³-hybridized carbons (Fsp3) is 0.500. The zero-order chi connectivity index (χ0) is 12.3. The van der Waals surface area contributed by atoms with Crippen molar-refractivity contribution in [1.82, 2.24) is 4.90 Å². The quantitative estimate of drug-likeness (QED) is 0.831. The maximum absolute atomic E-state index is 5.77. The SMILES string of the molecule is CCC1CCCN1Cc1ccccc1C(N)=S. The average Bonchev–Trinajstić information content (AvgIpc) is 2.77. The van der Waals surface area contributed by atoms with Crippen molar-refractivity contribution in [1.29, 1.82) is 0 Å². The molecule has 2 nitrogen and oxygen atoms in total. The monoisotopic (exact) mass is 248 g/mol. The number of nitrogens with two attached hydrogens (primary N) is 1. The Morgan fingerprint density at radius 3 is 2.94 bits per heavy atom. The van der Waals surface area contributed by atoms with Gasteiger partial charge in [-0.15, -0.1) is 0 Å². The fourth-order valence-corrected chi connectivity index (χ4v) is 2.88. The summed E-state index contributed by atoms with van der Waals surface area (Å²) in [7, 11) is 0. The van der Waals surface area contributed by atoms with Gasteiger partial charge in [-0.05, 0) is 31.4 Å². The smallest absolute Gasteiger partial charge is 0.104 e. The van der Waals surface area contributed by atoms with Gasteiger partial charge >= 0.3 is 0 Å². The second-order valence-corrected chi connectivity index (χ2v) is 5.14. The molecular formula is C14H20N2S. The summed E-state index contributed by atoms with van der Waals surface area (Å²) in [5, 5.41) is 0. The van der Waals surface area contributed by atoms with Crippen LogP contribution in [0.2, 0.25) is 0 Å². The van der Waals surface area contributed by atoms with E-state index < -0.39 is 0 Å². The predicted octanol–water partition coefficient (Wildman–Crippen LogP) is 2.70. The topological polar surface area (TPSA) is 29.3 Å². The molecule has 92 valence electrons. The molecule has 1 aliphatic rings. The van der Waals surface area contributed by atoms with Crippen LogP contribution in [0.15, 0.2) is 24.3 Å². The maximum Gasteiger partial charge on any atom is 0.104 e. The molecule has 1 unspecified atom stereocenters. The van der Waals surface area contributed by atoms with Gasteiger partial charge in [0.25, 0.3) is 0 Å². The molecule has 2 rings (SSSR count). The van der Waals surface area contributed by atoms with Gasteiger partial charge in [-0.2, -0.15) is 0 Å². The normalized spacial score (nSPS) is 20.6. The molecule has 1 aromatic carbocycles. The summed E-state index contributed by atoms with van der Waals surface area (Å²) in [5.41, 5.74) is 8.06. The molecule has 1 aromatic rings. The van der Waals surface area contributed by atoms with Crippen LogP contribution in [0.3, 0.4) is 0 Å². The molecule has 0 amide bonds. The first kappa shape index (κ1) is 12.5. The summed E-state index contributed by atoms with van der Waals surface area (Å²) in [6, 6.07) is 8.95. The Morgan fingerprint density at radius 2 is 2.24 bits per heavy atom. The van der Waals surface area contributed by atoms with Crippen molar-refractivity contribution >= 4 is 17.2 Å². The van der Waals surface area contributed by atoms with Crippen molar-refractivity contribution in [2.45, 2.75) is 38.8 Å². The Kier molecular flexibility index (Phi) is 4.13. The summed E-state index contributed by atoms with van der Waals surface area (Å²) < 4.78 is 0. The van der Waals surface area contributed by atoms with E-state index in [0.29, 0.717) is 4.99 Å². The number of hydrogen-bond donors (Lipinski definition) is 1. The second-order valence-electron chi connectivity index (χ2n) is 4.70. The zero-order valence-electron chi connectivity index (χ0n) is 10.4. The fourth-order valence-electron chi connectivity index (χ4n) is 2.68. The number of likely N-dealkylation sites (tertiary alicyclic amines) is 1. The first-order chi connectivity index (χ1) is 8.22. The third-order valence-corrected chi connectivity index (χ3v) is 3.85. The van der Waals surface area contributed by atoms with Gasteiger partial charge in [0.2, 0.25) is 0 Å². The van der Waals surface area contributed by atoms with Crippen molar-refractivity contribution in [3.05, 3.63) is 35.4 Å². The van der Waals surface area contributed by atoms with Crippen molar-refractivity contribution in [3.63, 3.8) is 0 Å². The number of thiocarbonyl (C=S) groups is 1. The molecule has 1 aliphatic heterocycles. The lowest BCUT2D eigenvalue weighted by Crippen LogP contribution is -2.29. The van der Waals surface area contributed by atoms with Crippen LogP contribution < -0.4 is 5.73 Å². The predicted molar refractivity (Wildman–Crippen MR) is 76.1 cm³/mol. The van der Waals surface area contributed by atoms with Crippen LogP contribution in [0, 0.1) is 0 Å². The molecule has 1 fully saturated rings. The Labute approximate surface area is 109 Å². The molecule has 17 heavy (non-hydrogen) atoms. The van der Waals surface area contributed by atoms with E-state index in [0.717, 1.165) is 18.2 Å². The largest absolute Gasteiger partial charge is 0.389 e. The molecule has 3 heteroatoms. The third-order valence-electron chi connectivity index (χ3n) is 3.63. The summed E-state index contributed by atoms with van der Waals surface area (Å²) in [6.07, 6.45) is 3.87. The summed E-state index contributed by atoms with van der Waals surface area (Å²) in [6.45, 7) is 4.44. The van der Waals surface area contributed by atoms with E-state index in [1.807, 2.05) is 12.1 Å². The Morgan fingerprint density at radius 1 is 1.47 bits per heavy atom. The highest BCUT2D eigenvalue weighted by Gasteiger charge is 2.23. The van der Waals surface area contributed by atoms with E-state index in [1.165, 1.54) is 31.4 Å². The van der Waals surface area contributed by atoms with E-state index in [4.69, 9.17) is 18.0 Å². The van der Waals surface area contributed by atoms with Crippen LogP contribution in [-0.4, -0.2) is 22.5 Å². The minimum Gasteiger partial charge on any atom is -0.389 e. The molecule has 0 bridgehead atoms. The lowest BCUT2D eigenvalue weighted by atomic mass is 10.1. The second kappa shape index (κ2) is 5.61. The molecule has 1 heterocycles. The van der Waals surface area contributed by atoms with Crippen molar-refractivity contribution < 1.29 is 0 Å². The third kappa shape index (κ3) is 2.85. The summed E-state index contributed by atoms with van der Waals surface area (Å²) in [5.74, 6) is 0. The number of hydrogen-bond acceptors (Lipinski definition) is 2. The Balaban J connectivity index is 2.15. The summed E-state index contributed by atoms with van der Waals surface area (Å²) in [4.78, 5) is 3.06. The van der Waals surface area contributed by atoms with Gasteiger partial charge in [0.05, 0.1) is 0 Å². The van der Waals surface area contributed by atoms with Gasteiger partial charge < -0.3 is 5.73 Å². The highest BCUT2D eigenvalue weighted by molar-refractivity contribution is 7.80. The van der Waals surface area contributed by atoms with Crippen LogP contribution in [0.4, 0.5) is 0 Å². The standard InChI is InChI=1S/C14H20N2S/c1-2-12-7-5-9-16(12)10-11-6-3-4-8-13(11)14(15)17/h3-4,6,8,12H,2,5,7,9-10H2,1H3,(H2,15,17). The van der Waals surface area contributed by atoms with Gasteiger partial charge in [0.1, 0.15) is 4.99 Å². The van der Waals surface area contributed by atoms with Crippen LogP contribution in [0.5, 0.6) is 0 Å². The van der Waals surface area contributed by atoms with Gasteiger partial charge in [0.15, 0.2) is 0 Å². The molecule has 2 N–H and O–H groups in total. The zero-order valence-corrected chi connectivity index (χ0v) is 11.2. The lowest BCUT2D eigenvalue weighted by molar-refractivity contribution is 0.240. The minimum absolute atomic E-state index is 0.507. The van der Waals surface area contributed by atoms with Gasteiger partial charge in [-0.25, -0.2) is 0 Å². The molecule has 1 saturated heterocycles. The number of benzene rings is 1. The van der Waals surface area contributed by atoms with Gasteiger partial charge in [-0.1, -0.05) is 43.4 Å². The molecule has 0 aliphatic carbocycles. The van der Waals surface area contributed by atoms with E-state index in [9.17, 15) is 0 Å². The maximum atomic E-state index is 5.77. The molecule has 0 radical (unpaired) electrons. The van der Waals surface area contributed by atoms with E-state index >= 15 is 0 Å². The van der Waals surface area contributed by atoms with E-state index in [1.54, 1.807) is 0 Å². The van der Waals surface area contributed by atoms with Gasteiger partial charge in [-0.3, -0.25) is 4.90 Å². The molecule has 0 saturated carbocycles. The molecule has 0 spiro atoms. The first-order valence-electron chi connectivity index (χ1n) is 6.34. The van der Waals surface area contributed by atoms with Crippen molar-refractivity contribution in [2.24, 2.45) is 5.73 Å². The van der Waals surface area contributed by atoms with E-state index in [2.05, 4.69) is 24.0 Å². The minimum atomic E-state index is 0.507. The van der Waals surface area contributed by atoms with E-state index in [-0.39, 0.29) is 0 Å². The highest BCUT2D eigenvalue weighted by atomic mass is 32.1. The highest BCUT2D eigenvalue weighted by Crippen LogP contribution is 2.23. The van der Waals surface area contributed by atoms with Crippen LogP contribution >= 0.6 is 12.2 Å².